The van der Waals surface area contributed by atoms with E-state index in [9.17, 15) is 26.4 Å². The predicted molar refractivity (Wildman–Crippen MR) is 144 cm³/mol. The van der Waals surface area contributed by atoms with Crippen molar-refractivity contribution in [2.24, 2.45) is 0 Å². The number of likely N-dealkylation sites (tertiary alicyclic amines) is 1. The van der Waals surface area contributed by atoms with Gasteiger partial charge in [-0.25, -0.2) is 18.2 Å². The Morgan fingerprint density at radius 2 is 2.10 bits per heavy atom. The third kappa shape index (κ3) is 5.83. The van der Waals surface area contributed by atoms with Crippen LogP contribution >= 0.6 is 22.7 Å². The normalized spacial score (nSPS) is 17.0. The van der Waals surface area contributed by atoms with Gasteiger partial charge in [-0.2, -0.15) is 13.2 Å². The zero-order chi connectivity index (χ0) is 27.8. The van der Waals surface area contributed by atoms with Crippen LogP contribution in [0.25, 0.3) is 21.6 Å². The van der Waals surface area contributed by atoms with E-state index in [0.29, 0.717) is 42.1 Å². The number of halogens is 3. The highest BCUT2D eigenvalue weighted by molar-refractivity contribution is 7.94. The third-order valence-corrected chi connectivity index (χ3v) is 10.6. The lowest BCUT2D eigenvalue weighted by Gasteiger charge is -2.31. The maximum Gasteiger partial charge on any atom is 0.490 e. The van der Waals surface area contributed by atoms with Crippen LogP contribution in [0.2, 0.25) is 0 Å². The molecule has 3 aromatic heterocycles. The second kappa shape index (κ2) is 10.9. The van der Waals surface area contributed by atoms with Crippen molar-refractivity contribution in [1.82, 2.24) is 14.9 Å². The number of ether oxygens (including phenoxy) is 1. The number of aromatic amines is 1. The molecule has 0 aliphatic carbocycles. The number of carbonyl (C=O) groups is 1. The number of rotatable bonds is 8. The van der Waals surface area contributed by atoms with Crippen molar-refractivity contribution in [2.75, 3.05) is 23.9 Å². The Hall–Kier alpha value is -2.94. The van der Waals surface area contributed by atoms with E-state index in [4.69, 9.17) is 0 Å². The van der Waals surface area contributed by atoms with Crippen LogP contribution in [0, 0.1) is 0 Å². The van der Waals surface area contributed by atoms with Crippen LogP contribution in [-0.4, -0.2) is 61.2 Å². The second-order valence-electron chi connectivity index (χ2n) is 9.06. The molecule has 1 atom stereocenters. The van der Waals surface area contributed by atoms with Crippen LogP contribution < -0.4 is 4.31 Å². The second-order valence-corrected chi connectivity index (χ2v) is 13.2. The van der Waals surface area contributed by atoms with E-state index in [1.807, 2.05) is 23.1 Å². The Kier molecular flexibility index (Phi) is 7.73. The highest BCUT2D eigenvalue weighted by Crippen LogP contribution is 2.35. The van der Waals surface area contributed by atoms with Gasteiger partial charge >= 0.3 is 12.1 Å². The summed E-state index contributed by atoms with van der Waals surface area (Å²) in [4.78, 5) is 21.9. The van der Waals surface area contributed by atoms with Gasteiger partial charge in [0, 0.05) is 36.1 Å². The minimum absolute atomic E-state index is 0.219. The Bertz CT molecular complexity index is 1560. The Labute approximate surface area is 231 Å². The van der Waals surface area contributed by atoms with Gasteiger partial charge in [0.15, 0.2) is 0 Å². The quantitative estimate of drug-likeness (QED) is 0.264. The molecule has 39 heavy (non-hydrogen) atoms. The predicted octanol–water partition coefficient (Wildman–Crippen LogP) is 5.64. The topological polar surface area (TPSA) is 95.6 Å². The molecular formula is C25H25F3N4O4S3. The molecule has 4 aromatic rings. The lowest BCUT2D eigenvalue weighted by Crippen LogP contribution is -2.42. The van der Waals surface area contributed by atoms with Gasteiger partial charge in [0.1, 0.15) is 15.3 Å². The van der Waals surface area contributed by atoms with Gasteiger partial charge in [-0.1, -0.05) is 18.2 Å². The molecule has 14 heteroatoms. The first-order valence-electron chi connectivity index (χ1n) is 12.2. The molecule has 0 saturated carbocycles. The summed E-state index contributed by atoms with van der Waals surface area (Å²) >= 11 is 2.61. The van der Waals surface area contributed by atoms with E-state index in [2.05, 4.69) is 14.7 Å². The minimum Gasteiger partial charge on any atom is -0.454 e. The van der Waals surface area contributed by atoms with Crippen molar-refractivity contribution in [1.29, 1.82) is 0 Å². The van der Waals surface area contributed by atoms with Crippen LogP contribution in [0.4, 0.5) is 18.9 Å². The van der Waals surface area contributed by atoms with Crippen molar-refractivity contribution in [3.8, 4) is 10.7 Å². The van der Waals surface area contributed by atoms with E-state index >= 15 is 0 Å². The average Bonchev–Trinajstić information content (AvgIpc) is 3.65. The van der Waals surface area contributed by atoms with E-state index in [0.717, 1.165) is 16.0 Å². The van der Waals surface area contributed by atoms with Crippen LogP contribution in [0.1, 0.15) is 24.6 Å². The summed E-state index contributed by atoms with van der Waals surface area (Å²) in [5.41, 5.74) is 1.95. The monoisotopic (exact) mass is 598 g/mol. The van der Waals surface area contributed by atoms with E-state index in [-0.39, 0.29) is 17.3 Å². The number of esters is 1. The summed E-state index contributed by atoms with van der Waals surface area (Å²) in [7, 11) is -3.72. The molecule has 1 N–H and O–H groups in total. The maximum absolute atomic E-state index is 13.3. The fraction of sp³-hybridized carbons (Fsp3) is 0.360. The van der Waals surface area contributed by atoms with Crippen LogP contribution in [0.15, 0.2) is 52.2 Å². The molecule has 1 aromatic carbocycles. The van der Waals surface area contributed by atoms with Crippen molar-refractivity contribution in [2.45, 2.75) is 42.8 Å². The number of alkyl halides is 3. The molecule has 1 aliphatic rings. The Morgan fingerprint density at radius 1 is 1.28 bits per heavy atom. The molecule has 0 bridgehead atoms. The lowest BCUT2D eigenvalue weighted by molar-refractivity contribution is -0.206. The minimum atomic E-state index is -5.00. The molecule has 0 radical (unpaired) electrons. The molecule has 208 valence electrons. The van der Waals surface area contributed by atoms with Gasteiger partial charge in [0.25, 0.3) is 10.0 Å². The number of anilines is 1. The fourth-order valence-electron chi connectivity index (χ4n) is 4.65. The first-order chi connectivity index (χ1) is 18.6. The number of piperidine rings is 1. The number of thiophene rings is 1. The average molecular weight is 599 g/mol. The fourth-order valence-corrected chi connectivity index (χ4v) is 8.16. The van der Waals surface area contributed by atoms with Crippen LogP contribution in [-0.2, 0) is 26.1 Å². The van der Waals surface area contributed by atoms with E-state index in [1.54, 1.807) is 36.7 Å². The molecule has 8 nitrogen and oxygen atoms in total. The van der Waals surface area contributed by atoms with E-state index in [1.165, 1.54) is 27.0 Å². The summed E-state index contributed by atoms with van der Waals surface area (Å²) in [5, 5.41) is 3.27. The summed E-state index contributed by atoms with van der Waals surface area (Å²) in [5.74, 6) is -2.16. The number of para-hydroxylation sites is 1. The van der Waals surface area contributed by atoms with Crippen LogP contribution in [0.3, 0.4) is 0 Å². The van der Waals surface area contributed by atoms with Gasteiger partial charge in [0.2, 0.25) is 0 Å². The summed E-state index contributed by atoms with van der Waals surface area (Å²) < 4.78 is 70.6. The SMILES string of the molecule is CCN(c1cccc2cc(-c3ncc(CN4CCCC(OC(=O)C(F)(F)F)C4)s3)[nH]c12)S(=O)(=O)c1cccs1. The van der Waals surface area contributed by atoms with Crippen LogP contribution in [0.5, 0.6) is 0 Å². The van der Waals surface area contributed by atoms with E-state index < -0.39 is 28.3 Å². The number of nitrogens with one attached hydrogen (secondary N) is 1. The Morgan fingerprint density at radius 3 is 2.82 bits per heavy atom. The highest BCUT2D eigenvalue weighted by Gasteiger charge is 2.42. The number of benzene rings is 1. The van der Waals surface area contributed by atoms with Crippen molar-refractivity contribution >= 4 is 55.3 Å². The molecule has 4 heterocycles. The molecule has 1 aliphatic heterocycles. The maximum atomic E-state index is 13.3. The number of nitrogens with zero attached hydrogens (tertiary/aromatic N) is 3. The van der Waals surface area contributed by atoms with Crippen molar-refractivity contribution < 1.29 is 31.1 Å². The highest BCUT2D eigenvalue weighted by atomic mass is 32.2. The zero-order valence-electron chi connectivity index (χ0n) is 20.8. The smallest absolute Gasteiger partial charge is 0.454 e. The zero-order valence-corrected chi connectivity index (χ0v) is 23.2. The van der Waals surface area contributed by atoms with Crippen molar-refractivity contribution in [3.05, 3.63) is 52.9 Å². The number of thiazole rings is 1. The lowest BCUT2D eigenvalue weighted by atomic mass is 10.1. The summed E-state index contributed by atoms with van der Waals surface area (Å²) in [6, 6.07) is 10.7. The first-order valence-corrected chi connectivity index (χ1v) is 15.3. The van der Waals surface area contributed by atoms with Crippen molar-refractivity contribution in [3.63, 3.8) is 0 Å². The first kappa shape index (κ1) is 27.6. The number of hydrogen-bond donors (Lipinski definition) is 1. The van der Waals surface area contributed by atoms with Gasteiger partial charge in [-0.15, -0.1) is 22.7 Å². The molecule has 5 rings (SSSR count). The number of fused-ring (bicyclic) bond motifs is 1. The molecule has 1 saturated heterocycles. The number of hydrogen-bond acceptors (Lipinski definition) is 8. The largest absolute Gasteiger partial charge is 0.490 e. The molecule has 0 amide bonds. The molecule has 0 spiro atoms. The molecule has 1 fully saturated rings. The standard InChI is InChI=1S/C25H25F3N4O4S3/c1-2-32(39(34,35)21-9-5-11-37-21)20-8-3-6-16-12-19(30-22(16)20)23-29-13-18(38-23)15-31-10-4-7-17(14-31)36-24(33)25(26,27)28/h3,5-6,8-9,11-13,17,30H,2,4,7,10,14-15H2,1H3. The number of carbonyl (C=O) groups excluding carboxylic acids is 1. The van der Waals surface area contributed by atoms with Gasteiger partial charge in [-0.3, -0.25) is 9.21 Å². The molecular weight excluding hydrogens is 573 g/mol. The van der Waals surface area contributed by atoms with Gasteiger partial charge in [-0.05, 0) is 49.9 Å². The number of H-pyrrole nitrogens is 1. The Balaban J connectivity index is 1.34. The summed E-state index contributed by atoms with van der Waals surface area (Å²) in [6.07, 6.45) is -3.08. The summed E-state index contributed by atoms with van der Waals surface area (Å²) in [6.45, 7) is 3.40. The van der Waals surface area contributed by atoms with Gasteiger partial charge < -0.3 is 9.72 Å². The number of aromatic nitrogens is 2. The molecule has 1 unspecified atom stereocenters. The number of sulfonamides is 1. The van der Waals surface area contributed by atoms with Gasteiger partial charge in [0.05, 0.1) is 16.9 Å². The third-order valence-electron chi connectivity index (χ3n) is 6.36.